The van der Waals surface area contributed by atoms with Crippen molar-refractivity contribution in [3.05, 3.63) is 59.2 Å². The summed E-state index contributed by atoms with van der Waals surface area (Å²) in [6, 6.07) is 15.0. The van der Waals surface area contributed by atoms with Crippen LogP contribution in [0.25, 0.3) is 0 Å². The maximum Gasteiger partial charge on any atom is 0.127 e. The molecule has 0 N–H and O–H groups in total. The van der Waals surface area contributed by atoms with E-state index in [2.05, 4.69) is 50.2 Å². The smallest absolute Gasteiger partial charge is 0.127 e. The van der Waals surface area contributed by atoms with Gasteiger partial charge < -0.3 is 4.74 Å². The molecule has 2 radical (unpaired) electrons. The standard InChI is InChI=1S/C25H31BO/c1-17-7-3-4-9-20(15-17)22-13-12-19-8-5-6-10-21(19)25(22)27-24-14-11-18(2)16-23(24)26/h5-6,8,10-11,14,16-17,20,22,25H,3-4,7,9,12-13,15H2,1-2H3. The quantitative estimate of drug-likeness (QED) is 0.506. The van der Waals surface area contributed by atoms with Gasteiger partial charge in [-0.15, -0.1) is 0 Å². The van der Waals surface area contributed by atoms with Crippen LogP contribution < -0.4 is 10.2 Å². The molecule has 0 aliphatic heterocycles. The molecule has 0 bridgehead atoms. The van der Waals surface area contributed by atoms with Crippen LogP contribution in [0.5, 0.6) is 5.75 Å². The van der Waals surface area contributed by atoms with Crippen molar-refractivity contribution in [1.82, 2.24) is 0 Å². The van der Waals surface area contributed by atoms with E-state index in [0.29, 0.717) is 5.92 Å². The van der Waals surface area contributed by atoms with Crippen molar-refractivity contribution >= 4 is 13.3 Å². The molecule has 2 aliphatic rings. The fourth-order valence-electron chi connectivity index (χ4n) is 5.33. The van der Waals surface area contributed by atoms with Crippen LogP contribution in [-0.2, 0) is 6.42 Å². The summed E-state index contributed by atoms with van der Waals surface area (Å²) in [5.74, 6) is 3.02. The van der Waals surface area contributed by atoms with Gasteiger partial charge in [-0.25, -0.2) is 0 Å². The molecule has 4 atom stereocenters. The molecular formula is C25H31BO. The van der Waals surface area contributed by atoms with Gasteiger partial charge in [-0.1, -0.05) is 80.0 Å². The van der Waals surface area contributed by atoms with E-state index in [1.54, 1.807) is 0 Å². The zero-order valence-electron chi connectivity index (χ0n) is 16.8. The third-order valence-electron chi connectivity index (χ3n) is 6.75. The van der Waals surface area contributed by atoms with Crippen LogP contribution in [0.2, 0.25) is 0 Å². The van der Waals surface area contributed by atoms with Crippen molar-refractivity contribution in [3.8, 4) is 5.75 Å². The molecule has 0 aromatic heterocycles. The minimum absolute atomic E-state index is 0.121. The topological polar surface area (TPSA) is 9.23 Å². The summed E-state index contributed by atoms with van der Waals surface area (Å²) < 4.78 is 6.68. The third-order valence-corrected chi connectivity index (χ3v) is 6.75. The Hall–Kier alpha value is -1.70. The van der Waals surface area contributed by atoms with Crippen molar-refractivity contribution in [3.63, 3.8) is 0 Å². The Morgan fingerprint density at radius 1 is 1.00 bits per heavy atom. The number of hydrogen-bond acceptors (Lipinski definition) is 1. The van der Waals surface area contributed by atoms with Gasteiger partial charge >= 0.3 is 0 Å². The van der Waals surface area contributed by atoms with Gasteiger partial charge in [0.05, 0.1) is 0 Å². The largest absolute Gasteiger partial charge is 0.486 e. The molecule has 4 rings (SSSR count). The fourth-order valence-corrected chi connectivity index (χ4v) is 5.33. The highest BCUT2D eigenvalue weighted by Crippen LogP contribution is 2.45. The lowest BCUT2D eigenvalue weighted by atomic mass is 9.71. The normalized spacial score (nSPS) is 28.2. The van der Waals surface area contributed by atoms with Crippen LogP contribution in [0.3, 0.4) is 0 Å². The first-order chi connectivity index (χ1) is 13.1. The Kier molecular flexibility index (Phi) is 5.62. The molecule has 2 aromatic rings. The van der Waals surface area contributed by atoms with Gasteiger partial charge in [0.1, 0.15) is 19.7 Å². The van der Waals surface area contributed by atoms with E-state index in [9.17, 15) is 0 Å². The highest BCUT2D eigenvalue weighted by atomic mass is 16.5. The van der Waals surface area contributed by atoms with Gasteiger partial charge in [-0.3, -0.25) is 0 Å². The fraction of sp³-hybridized carbons (Fsp3) is 0.520. The molecule has 0 saturated heterocycles. The maximum atomic E-state index is 6.68. The number of aryl methyl sites for hydroxylation is 2. The van der Waals surface area contributed by atoms with Crippen molar-refractivity contribution < 1.29 is 4.74 Å². The van der Waals surface area contributed by atoms with E-state index in [1.807, 2.05) is 6.07 Å². The van der Waals surface area contributed by atoms with Gasteiger partial charge in [0, 0.05) is 5.92 Å². The summed E-state index contributed by atoms with van der Waals surface area (Å²) in [4.78, 5) is 0. The van der Waals surface area contributed by atoms with Crippen molar-refractivity contribution in [2.45, 2.75) is 64.9 Å². The first-order valence-electron chi connectivity index (χ1n) is 10.7. The third kappa shape index (κ3) is 4.10. The molecule has 140 valence electrons. The first-order valence-corrected chi connectivity index (χ1v) is 10.7. The minimum atomic E-state index is 0.121. The molecule has 0 spiro atoms. The molecule has 0 heterocycles. The van der Waals surface area contributed by atoms with Crippen molar-refractivity contribution in [2.24, 2.45) is 17.8 Å². The maximum absolute atomic E-state index is 6.68. The zero-order valence-corrected chi connectivity index (χ0v) is 16.8. The van der Waals surface area contributed by atoms with Crippen LogP contribution in [-0.4, -0.2) is 7.85 Å². The average Bonchev–Trinajstić information content (AvgIpc) is 2.88. The first kappa shape index (κ1) is 18.7. The number of ether oxygens (including phenoxy) is 1. The zero-order chi connectivity index (χ0) is 18.8. The average molecular weight is 358 g/mol. The van der Waals surface area contributed by atoms with Crippen LogP contribution in [0.15, 0.2) is 42.5 Å². The summed E-state index contributed by atoms with van der Waals surface area (Å²) in [6.07, 6.45) is 9.35. The predicted molar refractivity (Wildman–Crippen MR) is 114 cm³/mol. The Morgan fingerprint density at radius 3 is 2.67 bits per heavy atom. The highest BCUT2D eigenvalue weighted by Gasteiger charge is 2.37. The Labute approximate surface area is 165 Å². The van der Waals surface area contributed by atoms with Crippen LogP contribution in [0.1, 0.15) is 68.2 Å². The van der Waals surface area contributed by atoms with Gasteiger partial charge in [-0.2, -0.15) is 0 Å². The van der Waals surface area contributed by atoms with E-state index in [4.69, 9.17) is 12.6 Å². The van der Waals surface area contributed by atoms with E-state index in [-0.39, 0.29) is 6.10 Å². The molecule has 1 fully saturated rings. The second-order valence-corrected chi connectivity index (χ2v) is 8.87. The molecule has 0 amide bonds. The second-order valence-electron chi connectivity index (χ2n) is 8.87. The predicted octanol–water partition coefficient (Wildman–Crippen LogP) is 5.69. The number of rotatable bonds is 3. The molecule has 2 heteroatoms. The Bertz CT molecular complexity index is 784. The molecule has 2 aromatic carbocycles. The van der Waals surface area contributed by atoms with Gasteiger partial charge in [-0.05, 0) is 55.2 Å². The van der Waals surface area contributed by atoms with Crippen molar-refractivity contribution in [1.29, 1.82) is 0 Å². The van der Waals surface area contributed by atoms with Gasteiger partial charge in [0.25, 0.3) is 0 Å². The summed E-state index contributed by atoms with van der Waals surface area (Å²) >= 11 is 0. The lowest BCUT2D eigenvalue weighted by molar-refractivity contribution is 0.0692. The van der Waals surface area contributed by atoms with E-state index in [0.717, 1.165) is 23.0 Å². The molecule has 4 unspecified atom stereocenters. The van der Waals surface area contributed by atoms with Gasteiger partial charge in [0.15, 0.2) is 0 Å². The number of benzene rings is 2. The highest BCUT2D eigenvalue weighted by molar-refractivity contribution is 6.34. The molecular weight excluding hydrogens is 327 g/mol. The Morgan fingerprint density at radius 2 is 1.81 bits per heavy atom. The summed E-state index contributed by atoms with van der Waals surface area (Å²) in [6.45, 7) is 4.51. The molecule has 2 aliphatic carbocycles. The number of hydrogen-bond donors (Lipinski definition) is 0. The molecule has 1 saturated carbocycles. The van der Waals surface area contributed by atoms with E-state index < -0.39 is 0 Å². The lowest BCUT2D eigenvalue weighted by Gasteiger charge is -2.39. The van der Waals surface area contributed by atoms with Crippen LogP contribution in [0, 0.1) is 24.7 Å². The number of fused-ring (bicyclic) bond motifs is 1. The van der Waals surface area contributed by atoms with E-state index >= 15 is 0 Å². The van der Waals surface area contributed by atoms with Gasteiger partial charge in [0.2, 0.25) is 0 Å². The SMILES string of the molecule is [B]c1cc(C)ccc1OC1c2ccccc2CCC1C1CCCCC(C)C1. The molecule has 1 nitrogen and oxygen atoms in total. The molecule has 27 heavy (non-hydrogen) atoms. The minimum Gasteiger partial charge on any atom is -0.486 e. The summed E-state index contributed by atoms with van der Waals surface area (Å²) in [5.41, 5.74) is 4.76. The monoisotopic (exact) mass is 358 g/mol. The summed E-state index contributed by atoms with van der Waals surface area (Å²) in [7, 11) is 6.30. The lowest BCUT2D eigenvalue weighted by Crippen LogP contribution is -2.32. The second kappa shape index (κ2) is 8.13. The van der Waals surface area contributed by atoms with Crippen molar-refractivity contribution in [2.75, 3.05) is 0 Å². The Balaban J connectivity index is 1.67. The van der Waals surface area contributed by atoms with Crippen LogP contribution >= 0.6 is 0 Å². The van der Waals surface area contributed by atoms with E-state index in [1.165, 1.54) is 61.6 Å². The van der Waals surface area contributed by atoms with Crippen LogP contribution in [0.4, 0.5) is 0 Å². The summed E-state index contributed by atoms with van der Waals surface area (Å²) in [5, 5.41) is 0.